The zero-order valence-corrected chi connectivity index (χ0v) is 23.1. The molecule has 1 amide bonds. The molecule has 1 atom stereocenters. The van der Waals surface area contributed by atoms with Crippen LogP contribution in [0.4, 0.5) is 4.79 Å². The number of aromatic nitrogens is 2. The highest BCUT2D eigenvalue weighted by Gasteiger charge is 2.38. The number of halogens is 1. The average molecular weight is 615 g/mol. The van der Waals surface area contributed by atoms with Crippen LogP contribution in [0.3, 0.4) is 0 Å². The maximum atomic E-state index is 13.3. The summed E-state index contributed by atoms with van der Waals surface area (Å²) in [4.78, 5) is 23.6. The van der Waals surface area contributed by atoms with Crippen LogP contribution in [0.5, 0.6) is 11.8 Å². The van der Waals surface area contributed by atoms with E-state index in [2.05, 4.69) is 32.6 Å². The zero-order chi connectivity index (χ0) is 25.6. The molecule has 0 spiro atoms. The van der Waals surface area contributed by atoms with Gasteiger partial charge in [-0.3, -0.25) is 9.46 Å². The van der Waals surface area contributed by atoms with Gasteiger partial charge in [0.05, 0.1) is 31.8 Å². The highest BCUT2D eigenvalue weighted by atomic mass is 127. The van der Waals surface area contributed by atoms with Crippen molar-refractivity contribution < 1.29 is 32.6 Å². The Kier molecular flexibility index (Phi) is 9.28. The molecular weight excluding hydrogens is 588 g/mol. The molecule has 35 heavy (non-hydrogen) atoms. The van der Waals surface area contributed by atoms with Crippen LogP contribution in [0.25, 0.3) is 11.0 Å². The van der Waals surface area contributed by atoms with E-state index in [-0.39, 0.29) is 24.9 Å². The van der Waals surface area contributed by atoms with Crippen LogP contribution in [0.2, 0.25) is 0 Å². The molecule has 0 aliphatic heterocycles. The second kappa shape index (κ2) is 12.0. The number of amides is 1. The van der Waals surface area contributed by atoms with Crippen molar-refractivity contribution in [3.8, 4) is 11.8 Å². The quantitative estimate of drug-likeness (QED) is 0.224. The van der Waals surface area contributed by atoms with Gasteiger partial charge in [0.25, 0.3) is 11.8 Å². The van der Waals surface area contributed by atoms with E-state index < -0.39 is 19.5 Å². The third-order valence-corrected chi connectivity index (χ3v) is 8.17. The molecular formula is C23H27IN3O7P. The van der Waals surface area contributed by atoms with Crippen LogP contribution in [0.15, 0.2) is 42.5 Å². The molecule has 3 rings (SSSR count). The molecule has 1 heterocycles. The Morgan fingerprint density at radius 1 is 1.03 bits per heavy atom. The van der Waals surface area contributed by atoms with Gasteiger partial charge in [-0.05, 0) is 47.2 Å². The summed E-state index contributed by atoms with van der Waals surface area (Å²) in [5.74, 6) is -0.515. The molecule has 0 bridgehead atoms. The molecule has 0 N–H and O–H groups in total. The number of hydrogen-bond acceptors (Lipinski definition) is 9. The van der Waals surface area contributed by atoms with Crippen LogP contribution >= 0.6 is 30.2 Å². The van der Waals surface area contributed by atoms with Crippen molar-refractivity contribution in [3.05, 3.63) is 57.2 Å². The molecule has 0 unspecified atom stereocenters. The minimum absolute atomic E-state index is 0.00298. The van der Waals surface area contributed by atoms with E-state index >= 15 is 0 Å². The summed E-state index contributed by atoms with van der Waals surface area (Å²) in [6.07, 6.45) is -0.684. The SMILES string of the molecule is COc1nc2cc(I)cc(CN(C(=O)OCc3ccccc3)[C@H](C)P(=O)(OC)OC)c2nc1OC. The summed E-state index contributed by atoms with van der Waals surface area (Å²) in [5.41, 5.74) is 2.51. The predicted molar refractivity (Wildman–Crippen MR) is 139 cm³/mol. The number of fused-ring (bicyclic) bond motifs is 1. The lowest BCUT2D eigenvalue weighted by molar-refractivity contribution is 0.0849. The van der Waals surface area contributed by atoms with E-state index in [1.165, 1.54) is 33.3 Å². The lowest BCUT2D eigenvalue weighted by atomic mass is 10.1. The first-order valence-electron chi connectivity index (χ1n) is 10.5. The predicted octanol–water partition coefficient (Wildman–Crippen LogP) is 5.22. The second-order valence-electron chi connectivity index (χ2n) is 7.38. The minimum atomic E-state index is -3.67. The molecule has 0 fully saturated rings. The molecule has 0 radical (unpaired) electrons. The van der Waals surface area contributed by atoms with Crippen molar-refractivity contribution >= 4 is 47.3 Å². The number of methoxy groups -OCH3 is 2. The van der Waals surface area contributed by atoms with Crippen LogP contribution in [-0.2, 0) is 31.5 Å². The van der Waals surface area contributed by atoms with E-state index in [9.17, 15) is 9.36 Å². The third-order valence-electron chi connectivity index (χ3n) is 5.34. The van der Waals surface area contributed by atoms with Gasteiger partial charge in [-0.1, -0.05) is 30.3 Å². The summed E-state index contributed by atoms with van der Waals surface area (Å²) in [7, 11) is 1.82. The molecule has 0 saturated carbocycles. The fourth-order valence-electron chi connectivity index (χ4n) is 3.43. The van der Waals surface area contributed by atoms with Gasteiger partial charge in [-0.25, -0.2) is 14.8 Å². The van der Waals surface area contributed by atoms with E-state index in [0.29, 0.717) is 16.6 Å². The van der Waals surface area contributed by atoms with Crippen molar-refractivity contribution in [3.63, 3.8) is 0 Å². The summed E-state index contributed by atoms with van der Waals surface area (Å²) >= 11 is 2.15. The Hall–Kier alpha value is -2.47. The minimum Gasteiger partial charge on any atom is -0.477 e. The first-order chi connectivity index (χ1) is 16.8. The summed E-state index contributed by atoms with van der Waals surface area (Å²) in [6, 6.07) is 13.0. The van der Waals surface area contributed by atoms with E-state index in [1.54, 1.807) is 6.92 Å². The van der Waals surface area contributed by atoms with Gasteiger partial charge in [-0.2, -0.15) is 0 Å². The molecule has 12 heteroatoms. The maximum absolute atomic E-state index is 13.3. The van der Waals surface area contributed by atoms with Crippen molar-refractivity contribution in [2.75, 3.05) is 28.4 Å². The standard InChI is InChI=1S/C23H27IN3O7P/c1-15(35(29,32-4)33-5)27(23(28)34-14-16-9-7-6-8-10-16)13-17-11-18(24)12-19-20(17)26-22(31-3)21(25-19)30-2/h6-12,15H,13-14H2,1-5H3/t15-/m0/s1. The Morgan fingerprint density at radius 3 is 2.26 bits per heavy atom. The lowest BCUT2D eigenvalue weighted by Gasteiger charge is -2.32. The molecule has 0 saturated heterocycles. The molecule has 1 aromatic heterocycles. The van der Waals surface area contributed by atoms with Gasteiger partial charge in [0.1, 0.15) is 12.4 Å². The molecule has 3 aromatic rings. The first kappa shape index (κ1) is 27.1. The van der Waals surface area contributed by atoms with Gasteiger partial charge in [0.15, 0.2) is 0 Å². The largest absolute Gasteiger partial charge is 0.477 e. The topological polar surface area (TPSA) is 109 Å². The van der Waals surface area contributed by atoms with Crippen molar-refractivity contribution in [1.82, 2.24) is 14.9 Å². The van der Waals surface area contributed by atoms with Gasteiger partial charge in [-0.15, -0.1) is 0 Å². The fraction of sp³-hybridized carbons (Fsp3) is 0.348. The summed E-state index contributed by atoms with van der Waals surface area (Å²) in [5, 5.41) is 0. The van der Waals surface area contributed by atoms with Gasteiger partial charge in [0, 0.05) is 23.4 Å². The molecule has 2 aromatic carbocycles. The van der Waals surface area contributed by atoms with E-state index in [4.69, 9.17) is 23.3 Å². The zero-order valence-electron chi connectivity index (χ0n) is 20.1. The lowest BCUT2D eigenvalue weighted by Crippen LogP contribution is -2.39. The van der Waals surface area contributed by atoms with E-state index in [1.807, 2.05) is 42.5 Å². The highest BCUT2D eigenvalue weighted by Crippen LogP contribution is 2.53. The number of nitrogens with zero attached hydrogens (tertiary/aromatic N) is 3. The Balaban J connectivity index is 2.03. The molecule has 10 nitrogen and oxygen atoms in total. The fourth-order valence-corrected chi connectivity index (χ4v) is 5.38. The number of rotatable bonds is 10. The monoisotopic (exact) mass is 615 g/mol. The number of ether oxygens (including phenoxy) is 3. The Bertz CT molecular complexity index is 1220. The van der Waals surface area contributed by atoms with Gasteiger partial charge < -0.3 is 23.3 Å². The first-order valence-corrected chi connectivity index (χ1v) is 13.2. The van der Waals surface area contributed by atoms with Crippen LogP contribution in [-0.4, -0.2) is 55.2 Å². The number of carbonyl (C=O) groups excluding carboxylic acids is 1. The van der Waals surface area contributed by atoms with Crippen LogP contribution in [0, 0.1) is 3.57 Å². The summed E-state index contributed by atoms with van der Waals surface area (Å²) in [6.45, 7) is 1.64. The summed E-state index contributed by atoms with van der Waals surface area (Å²) < 4.78 is 40.6. The molecule has 188 valence electrons. The maximum Gasteiger partial charge on any atom is 0.411 e. The van der Waals surface area contributed by atoms with Gasteiger partial charge >= 0.3 is 13.7 Å². The Labute approximate surface area is 217 Å². The van der Waals surface area contributed by atoms with E-state index in [0.717, 1.165) is 9.13 Å². The van der Waals surface area contributed by atoms with Crippen molar-refractivity contribution in [1.29, 1.82) is 0 Å². The highest BCUT2D eigenvalue weighted by molar-refractivity contribution is 14.1. The third kappa shape index (κ3) is 6.21. The molecule has 0 aliphatic carbocycles. The van der Waals surface area contributed by atoms with Crippen LogP contribution in [0.1, 0.15) is 18.1 Å². The van der Waals surface area contributed by atoms with Gasteiger partial charge in [0.2, 0.25) is 0 Å². The smallest absolute Gasteiger partial charge is 0.411 e. The molecule has 0 aliphatic rings. The number of hydrogen-bond donors (Lipinski definition) is 0. The van der Waals surface area contributed by atoms with Crippen LogP contribution < -0.4 is 9.47 Å². The average Bonchev–Trinajstić information content (AvgIpc) is 2.89. The number of carbonyl (C=O) groups is 1. The Morgan fingerprint density at radius 2 is 1.66 bits per heavy atom. The number of benzene rings is 2. The normalized spacial score (nSPS) is 12.3. The van der Waals surface area contributed by atoms with Crippen molar-refractivity contribution in [2.45, 2.75) is 25.9 Å². The second-order valence-corrected chi connectivity index (χ2v) is 11.2. The van der Waals surface area contributed by atoms with Crippen molar-refractivity contribution in [2.24, 2.45) is 0 Å².